The average Bonchev–Trinajstić information content (AvgIpc) is 2.13. The molecular formula is C11H14O2. The standard InChI is InChI=1S/C11H14O2/c1-10-4-2-5-11(8-10)6-3-7-13-9-12/h2,4-5,8-9H,3,6-7H2,1H3. The molecule has 1 rings (SSSR count). The van der Waals surface area contributed by atoms with Crippen LogP contribution in [0.15, 0.2) is 24.3 Å². The first kappa shape index (κ1) is 9.78. The maximum Gasteiger partial charge on any atom is 0.293 e. The summed E-state index contributed by atoms with van der Waals surface area (Å²) in [4.78, 5) is 9.85. The minimum Gasteiger partial charge on any atom is -0.468 e. The minimum atomic E-state index is 0.496. The number of ether oxygens (including phenoxy) is 1. The second-order valence-electron chi connectivity index (χ2n) is 3.06. The zero-order chi connectivity index (χ0) is 9.52. The van der Waals surface area contributed by atoms with Crippen molar-refractivity contribution in [1.82, 2.24) is 0 Å². The third-order valence-corrected chi connectivity index (χ3v) is 1.88. The maximum atomic E-state index is 9.85. The molecule has 0 atom stereocenters. The molecule has 0 heterocycles. The number of hydrogen-bond donors (Lipinski definition) is 0. The van der Waals surface area contributed by atoms with Gasteiger partial charge in [0.1, 0.15) is 0 Å². The summed E-state index contributed by atoms with van der Waals surface area (Å²) in [5.41, 5.74) is 2.57. The summed E-state index contributed by atoms with van der Waals surface area (Å²) in [6, 6.07) is 8.37. The van der Waals surface area contributed by atoms with Crippen LogP contribution in [0.4, 0.5) is 0 Å². The quantitative estimate of drug-likeness (QED) is 0.510. The third-order valence-electron chi connectivity index (χ3n) is 1.88. The smallest absolute Gasteiger partial charge is 0.293 e. The van der Waals surface area contributed by atoms with Gasteiger partial charge in [0.2, 0.25) is 0 Å². The lowest BCUT2D eigenvalue weighted by Gasteiger charge is -2.01. The molecule has 0 N–H and O–H groups in total. The van der Waals surface area contributed by atoms with Crippen molar-refractivity contribution in [3.63, 3.8) is 0 Å². The van der Waals surface area contributed by atoms with E-state index in [0.29, 0.717) is 13.1 Å². The van der Waals surface area contributed by atoms with Gasteiger partial charge < -0.3 is 4.74 Å². The molecule has 0 spiro atoms. The van der Waals surface area contributed by atoms with Crippen LogP contribution < -0.4 is 0 Å². The maximum absolute atomic E-state index is 9.85. The zero-order valence-electron chi connectivity index (χ0n) is 7.82. The van der Waals surface area contributed by atoms with Crippen LogP contribution in [-0.2, 0) is 16.0 Å². The first-order chi connectivity index (χ1) is 6.33. The molecule has 0 saturated carbocycles. The Kier molecular flexibility index (Phi) is 4.03. The Morgan fingerprint density at radius 3 is 3.00 bits per heavy atom. The molecule has 2 heteroatoms. The molecule has 1 aromatic carbocycles. The van der Waals surface area contributed by atoms with Gasteiger partial charge in [-0.25, -0.2) is 0 Å². The Bertz CT molecular complexity index is 269. The summed E-state index contributed by atoms with van der Waals surface area (Å²) in [6.45, 7) is 3.08. The van der Waals surface area contributed by atoms with E-state index in [2.05, 4.69) is 29.9 Å². The van der Waals surface area contributed by atoms with Crippen LogP contribution in [0.1, 0.15) is 17.5 Å². The minimum absolute atomic E-state index is 0.496. The number of hydrogen-bond acceptors (Lipinski definition) is 2. The van der Waals surface area contributed by atoms with E-state index < -0.39 is 0 Å². The molecule has 0 bridgehead atoms. The lowest BCUT2D eigenvalue weighted by atomic mass is 10.1. The molecule has 0 unspecified atom stereocenters. The van der Waals surface area contributed by atoms with E-state index in [1.54, 1.807) is 0 Å². The summed E-state index contributed by atoms with van der Waals surface area (Å²) in [7, 11) is 0. The molecule has 0 saturated heterocycles. The molecule has 2 nitrogen and oxygen atoms in total. The molecule has 0 aromatic heterocycles. The molecule has 0 aliphatic carbocycles. The lowest BCUT2D eigenvalue weighted by Crippen LogP contribution is -1.94. The van der Waals surface area contributed by atoms with Crippen LogP contribution in [-0.4, -0.2) is 13.1 Å². The van der Waals surface area contributed by atoms with Crippen LogP contribution in [0.3, 0.4) is 0 Å². The Morgan fingerprint density at radius 2 is 2.31 bits per heavy atom. The number of carbonyl (C=O) groups is 1. The Morgan fingerprint density at radius 1 is 1.46 bits per heavy atom. The van der Waals surface area contributed by atoms with Crippen molar-refractivity contribution >= 4 is 6.47 Å². The van der Waals surface area contributed by atoms with Crippen LogP contribution in [0, 0.1) is 6.92 Å². The summed E-state index contributed by atoms with van der Waals surface area (Å²) < 4.78 is 4.60. The van der Waals surface area contributed by atoms with Crippen molar-refractivity contribution in [1.29, 1.82) is 0 Å². The van der Waals surface area contributed by atoms with Gasteiger partial charge in [-0.15, -0.1) is 0 Å². The van der Waals surface area contributed by atoms with Crippen LogP contribution in [0.25, 0.3) is 0 Å². The van der Waals surface area contributed by atoms with E-state index in [-0.39, 0.29) is 0 Å². The number of benzene rings is 1. The van der Waals surface area contributed by atoms with Crippen LogP contribution in [0.5, 0.6) is 0 Å². The van der Waals surface area contributed by atoms with Gasteiger partial charge in [0, 0.05) is 0 Å². The highest BCUT2D eigenvalue weighted by molar-refractivity contribution is 5.36. The SMILES string of the molecule is Cc1cccc(CCCOC=O)c1. The second kappa shape index (κ2) is 5.36. The summed E-state index contributed by atoms with van der Waals surface area (Å²) in [5.74, 6) is 0. The monoisotopic (exact) mass is 178 g/mol. The van der Waals surface area contributed by atoms with Gasteiger partial charge in [-0.2, -0.15) is 0 Å². The predicted molar refractivity (Wildman–Crippen MR) is 51.5 cm³/mol. The highest BCUT2D eigenvalue weighted by atomic mass is 16.5. The van der Waals surface area contributed by atoms with Crippen molar-refractivity contribution in [2.24, 2.45) is 0 Å². The first-order valence-corrected chi connectivity index (χ1v) is 4.44. The molecule has 0 fully saturated rings. The van der Waals surface area contributed by atoms with Crippen molar-refractivity contribution < 1.29 is 9.53 Å². The van der Waals surface area contributed by atoms with Gasteiger partial charge in [0.05, 0.1) is 6.61 Å². The van der Waals surface area contributed by atoms with E-state index in [1.807, 2.05) is 6.07 Å². The van der Waals surface area contributed by atoms with Gasteiger partial charge in [-0.1, -0.05) is 29.8 Å². The van der Waals surface area contributed by atoms with Gasteiger partial charge in [-0.3, -0.25) is 4.79 Å². The zero-order valence-corrected chi connectivity index (χ0v) is 7.82. The van der Waals surface area contributed by atoms with Crippen molar-refractivity contribution in [3.8, 4) is 0 Å². The largest absolute Gasteiger partial charge is 0.468 e. The normalized spacial score (nSPS) is 9.62. The third kappa shape index (κ3) is 3.74. The molecule has 0 radical (unpaired) electrons. The van der Waals surface area contributed by atoms with Gasteiger partial charge in [0.25, 0.3) is 6.47 Å². The number of aryl methyl sites for hydroxylation is 2. The molecular weight excluding hydrogens is 164 g/mol. The first-order valence-electron chi connectivity index (χ1n) is 4.44. The highest BCUT2D eigenvalue weighted by Gasteiger charge is 1.93. The van der Waals surface area contributed by atoms with E-state index in [0.717, 1.165) is 12.8 Å². The Hall–Kier alpha value is -1.31. The second-order valence-corrected chi connectivity index (χ2v) is 3.06. The molecule has 1 aromatic rings. The Balaban J connectivity index is 2.32. The van der Waals surface area contributed by atoms with E-state index in [9.17, 15) is 4.79 Å². The van der Waals surface area contributed by atoms with E-state index in [1.165, 1.54) is 11.1 Å². The molecule has 13 heavy (non-hydrogen) atoms. The van der Waals surface area contributed by atoms with Crippen molar-refractivity contribution in [2.45, 2.75) is 19.8 Å². The average molecular weight is 178 g/mol. The van der Waals surface area contributed by atoms with Crippen molar-refractivity contribution in [3.05, 3.63) is 35.4 Å². The molecule has 0 aliphatic heterocycles. The van der Waals surface area contributed by atoms with Crippen LogP contribution >= 0.6 is 0 Å². The highest BCUT2D eigenvalue weighted by Crippen LogP contribution is 2.06. The molecule has 0 aliphatic rings. The number of rotatable bonds is 5. The summed E-state index contributed by atoms with van der Waals surface area (Å²) in [5, 5.41) is 0. The van der Waals surface area contributed by atoms with Gasteiger partial charge in [0.15, 0.2) is 0 Å². The lowest BCUT2D eigenvalue weighted by molar-refractivity contribution is -0.128. The molecule has 0 amide bonds. The van der Waals surface area contributed by atoms with Gasteiger partial charge in [-0.05, 0) is 25.3 Å². The number of carbonyl (C=O) groups excluding carboxylic acids is 1. The fourth-order valence-corrected chi connectivity index (χ4v) is 1.28. The fraction of sp³-hybridized carbons (Fsp3) is 0.364. The van der Waals surface area contributed by atoms with E-state index in [4.69, 9.17) is 0 Å². The Labute approximate surface area is 78.5 Å². The summed E-state index contributed by atoms with van der Waals surface area (Å²) >= 11 is 0. The molecule has 70 valence electrons. The fourth-order valence-electron chi connectivity index (χ4n) is 1.28. The topological polar surface area (TPSA) is 26.3 Å². The van der Waals surface area contributed by atoms with Crippen LogP contribution in [0.2, 0.25) is 0 Å². The summed E-state index contributed by atoms with van der Waals surface area (Å²) in [6.07, 6.45) is 1.86. The van der Waals surface area contributed by atoms with E-state index >= 15 is 0 Å². The predicted octanol–water partition coefficient (Wildman–Crippen LogP) is 2.10. The van der Waals surface area contributed by atoms with Crippen molar-refractivity contribution in [2.75, 3.05) is 6.61 Å². The van der Waals surface area contributed by atoms with Gasteiger partial charge >= 0.3 is 0 Å².